The fraction of sp³-hybridized carbons (Fsp3) is 0.917. The number of rotatable bonds is 3. The largest absolute Gasteiger partial charge is 0.449 e. The second-order valence-electron chi connectivity index (χ2n) is 5.31. The minimum absolute atomic E-state index is 0.148. The summed E-state index contributed by atoms with van der Waals surface area (Å²) in [5.74, 6) is 0.404. The van der Waals surface area contributed by atoms with Crippen LogP contribution in [0.1, 0.15) is 13.8 Å². The van der Waals surface area contributed by atoms with Gasteiger partial charge in [0.25, 0.3) is 0 Å². The van der Waals surface area contributed by atoms with E-state index in [1.54, 1.807) is 0 Å². The molecular weight excluding hydrogens is 218 g/mol. The quantitative estimate of drug-likeness (QED) is 0.775. The predicted molar refractivity (Wildman–Crippen MR) is 66.0 cm³/mol. The van der Waals surface area contributed by atoms with Crippen molar-refractivity contribution in [1.29, 1.82) is 0 Å². The summed E-state index contributed by atoms with van der Waals surface area (Å²) in [6.07, 6.45) is -0.148. The van der Waals surface area contributed by atoms with Crippen molar-refractivity contribution in [3.63, 3.8) is 0 Å². The predicted octanol–water partition coefficient (Wildman–Crippen LogP) is 0.368. The maximum absolute atomic E-state index is 11.7. The summed E-state index contributed by atoms with van der Waals surface area (Å²) in [4.78, 5) is 16.0. The second-order valence-corrected chi connectivity index (χ2v) is 5.31. The molecule has 0 aromatic heterocycles. The number of ether oxygens (including phenoxy) is 1. The molecule has 2 fully saturated rings. The zero-order chi connectivity index (χ0) is 12.3. The van der Waals surface area contributed by atoms with Crippen molar-refractivity contribution >= 4 is 6.09 Å². The van der Waals surface area contributed by atoms with Crippen molar-refractivity contribution < 1.29 is 9.53 Å². The second kappa shape index (κ2) is 5.69. The Balaban J connectivity index is 1.68. The molecule has 0 saturated carbocycles. The summed E-state index contributed by atoms with van der Waals surface area (Å²) in [5, 5.41) is 3.28. The lowest BCUT2D eigenvalue weighted by molar-refractivity contribution is 0.0485. The van der Waals surface area contributed by atoms with Crippen LogP contribution in [0.25, 0.3) is 0 Å². The van der Waals surface area contributed by atoms with E-state index in [4.69, 9.17) is 4.74 Å². The molecule has 0 aromatic carbocycles. The number of carbonyl (C=O) groups is 1. The number of hydrogen-bond acceptors (Lipinski definition) is 4. The van der Waals surface area contributed by atoms with Gasteiger partial charge in [0, 0.05) is 45.3 Å². The average molecular weight is 241 g/mol. The molecule has 0 unspecified atom stereocenters. The molecule has 2 heterocycles. The summed E-state index contributed by atoms with van der Waals surface area (Å²) >= 11 is 0. The van der Waals surface area contributed by atoms with Crippen molar-refractivity contribution in [2.75, 3.05) is 45.9 Å². The molecule has 1 amide bonds. The number of nitrogens with one attached hydrogen (secondary N) is 1. The number of carbonyl (C=O) groups excluding carboxylic acids is 1. The van der Waals surface area contributed by atoms with E-state index in [1.165, 1.54) is 0 Å². The van der Waals surface area contributed by atoms with Crippen molar-refractivity contribution in [2.24, 2.45) is 5.92 Å². The first kappa shape index (κ1) is 12.6. The lowest BCUT2D eigenvalue weighted by atomic mass is 10.1. The summed E-state index contributed by atoms with van der Waals surface area (Å²) in [6, 6.07) is 0.684. The summed E-state index contributed by atoms with van der Waals surface area (Å²) < 4.78 is 5.24. The number of hydrogen-bond donors (Lipinski definition) is 1. The van der Waals surface area contributed by atoms with Crippen LogP contribution in [0.5, 0.6) is 0 Å². The molecule has 5 heteroatoms. The van der Waals surface area contributed by atoms with Gasteiger partial charge in [0.1, 0.15) is 0 Å². The van der Waals surface area contributed by atoms with Crippen LogP contribution < -0.4 is 5.32 Å². The van der Waals surface area contributed by atoms with Crippen molar-refractivity contribution in [3.05, 3.63) is 0 Å². The third-order valence-electron chi connectivity index (χ3n) is 3.39. The Morgan fingerprint density at radius 2 is 1.94 bits per heavy atom. The van der Waals surface area contributed by atoms with Crippen molar-refractivity contribution in [2.45, 2.75) is 19.9 Å². The van der Waals surface area contributed by atoms with E-state index in [-0.39, 0.29) is 6.09 Å². The molecule has 0 atom stereocenters. The Morgan fingerprint density at radius 3 is 2.41 bits per heavy atom. The van der Waals surface area contributed by atoms with Crippen molar-refractivity contribution in [1.82, 2.24) is 15.1 Å². The van der Waals surface area contributed by atoms with Gasteiger partial charge in [-0.3, -0.25) is 4.90 Å². The Morgan fingerprint density at radius 1 is 1.29 bits per heavy atom. The molecule has 17 heavy (non-hydrogen) atoms. The Labute approximate surface area is 103 Å². The van der Waals surface area contributed by atoms with Crippen LogP contribution in [0.2, 0.25) is 0 Å². The van der Waals surface area contributed by atoms with Gasteiger partial charge in [0.05, 0.1) is 6.61 Å². The molecule has 0 bridgehead atoms. The minimum Gasteiger partial charge on any atom is -0.449 e. The lowest BCUT2D eigenvalue weighted by Crippen LogP contribution is -2.62. The highest BCUT2D eigenvalue weighted by atomic mass is 16.6. The van der Waals surface area contributed by atoms with Crippen LogP contribution in [-0.2, 0) is 4.74 Å². The summed E-state index contributed by atoms with van der Waals surface area (Å²) in [5.41, 5.74) is 0. The third kappa shape index (κ3) is 3.33. The highest BCUT2D eigenvalue weighted by molar-refractivity contribution is 5.67. The van der Waals surface area contributed by atoms with Gasteiger partial charge >= 0.3 is 6.09 Å². The van der Waals surface area contributed by atoms with Crippen LogP contribution in [0.15, 0.2) is 0 Å². The van der Waals surface area contributed by atoms with Gasteiger partial charge in [-0.2, -0.15) is 0 Å². The van der Waals surface area contributed by atoms with E-state index in [0.717, 1.165) is 39.3 Å². The molecular formula is C12H23N3O2. The smallest absolute Gasteiger partial charge is 0.409 e. The van der Waals surface area contributed by atoms with Gasteiger partial charge in [-0.1, -0.05) is 13.8 Å². The van der Waals surface area contributed by atoms with Gasteiger partial charge in [-0.25, -0.2) is 4.79 Å². The normalized spacial score (nSPS) is 22.6. The van der Waals surface area contributed by atoms with Crippen LogP contribution in [0, 0.1) is 5.92 Å². The van der Waals surface area contributed by atoms with Crippen molar-refractivity contribution in [3.8, 4) is 0 Å². The van der Waals surface area contributed by atoms with Gasteiger partial charge in [-0.15, -0.1) is 0 Å². The number of piperazine rings is 1. The maximum Gasteiger partial charge on any atom is 0.409 e. The zero-order valence-electron chi connectivity index (χ0n) is 10.8. The van der Waals surface area contributed by atoms with Crippen LogP contribution in [0.4, 0.5) is 4.79 Å². The minimum atomic E-state index is -0.148. The molecule has 1 N–H and O–H groups in total. The molecule has 0 radical (unpaired) electrons. The van der Waals surface area contributed by atoms with E-state index in [0.29, 0.717) is 18.6 Å². The van der Waals surface area contributed by atoms with E-state index >= 15 is 0 Å². The highest BCUT2D eigenvalue weighted by Gasteiger charge is 2.29. The zero-order valence-corrected chi connectivity index (χ0v) is 10.8. The topological polar surface area (TPSA) is 44.8 Å². The SMILES string of the molecule is CC(C)COC(=O)N1CCN(C2CNC2)CC1. The van der Waals surface area contributed by atoms with E-state index in [1.807, 2.05) is 4.90 Å². The molecule has 2 saturated heterocycles. The molecule has 0 aromatic rings. The van der Waals surface area contributed by atoms with Gasteiger partial charge in [0.15, 0.2) is 0 Å². The first-order valence-electron chi connectivity index (χ1n) is 6.53. The monoisotopic (exact) mass is 241 g/mol. The molecule has 5 nitrogen and oxygen atoms in total. The first-order chi connectivity index (χ1) is 8.16. The molecule has 98 valence electrons. The van der Waals surface area contributed by atoms with Gasteiger partial charge in [-0.05, 0) is 5.92 Å². The molecule has 2 rings (SSSR count). The van der Waals surface area contributed by atoms with Crippen LogP contribution >= 0.6 is 0 Å². The van der Waals surface area contributed by atoms with E-state index < -0.39 is 0 Å². The number of nitrogens with zero attached hydrogens (tertiary/aromatic N) is 2. The first-order valence-corrected chi connectivity index (χ1v) is 6.53. The fourth-order valence-electron chi connectivity index (χ4n) is 2.13. The fourth-order valence-corrected chi connectivity index (χ4v) is 2.13. The Hall–Kier alpha value is -0.810. The van der Waals surface area contributed by atoms with Gasteiger partial charge < -0.3 is 15.0 Å². The van der Waals surface area contributed by atoms with Gasteiger partial charge in [0.2, 0.25) is 0 Å². The molecule has 2 aliphatic rings. The molecule has 0 spiro atoms. The van der Waals surface area contributed by atoms with E-state index in [2.05, 4.69) is 24.1 Å². The van der Waals surface area contributed by atoms with E-state index in [9.17, 15) is 4.79 Å². The molecule has 0 aliphatic carbocycles. The lowest BCUT2D eigenvalue weighted by Gasteiger charge is -2.42. The summed E-state index contributed by atoms with van der Waals surface area (Å²) in [6.45, 7) is 10.4. The molecule has 2 aliphatic heterocycles. The maximum atomic E-state index is 11.7. The highest BCUT2D eigenvalue weighted by Crippen LogP contribution is 2.10. The number of amides is 1. The Bertz CT molecular complexity index is 258. The average Bonchev–Trinajstić information content (AvgIpc) is 2.24. The summed E-state index contributed by atoms with van der Waals surface area (Å²) in [7, 11) is 0. The third-order valence-corrected chi connectivity index (χ3v) is 3.39. The Kier molecular flexibility index (Phi) is 4.23. The van der Waals surface area contributed by atoms with Crippen LogP contribution in [-0.4, -0.2) is 67.8 Å². The van der Waals surface area contributed by atoms with Crippen LogP contribution in [0.3, 0.4) is 0 Å². The standard InChI is InChI=1S/C12H23N3O2/c1-10(2)9-17-12(16)15-5-3-14(4-6-15)11-7-13-8-11/h10-11,13H,3-9H2,1-2H3.